The van der Waals surface area contributed by atoms with Crippen LogP contribution in [0.2, 0.25) is 5.02 Å². The lowest BCUT2D eigenvalue weighted by Crippen LogP contribution is -2.30. The molecule has 8 heteroatoms. The fraction of sp³-hybridized carbons (Fsp3) is 0.143. The molecule has 148 valence electrons. The highest BCUT2D eigenvalue weighted by molar-refractivity contribution is 6.30. The minimum Gasteiger partial charge on any atom is -0.335 e. The van der Waals surface area contributed by atoms with Crippen LogP contribution in [0.1, 0.15) is 28.9 Å². The molecule has 1 atom stereocenters. The third-order valence-electron chi connectivity index (χ3n) is 5.13. The predicted molar refractivity (Wildman–Crippen MR) is 107 cm³/mol. The van der Waals surface area contributed by atoms with E-state index in [9.17, 15) is 18.4 Å². The molecule has 1 N–H and O–H groups in total. The summed E-state index contributed by atoms with van der Waals surface area (Å²) in [5.74, 6) is -2.42. The lowest BCUT2D eigenvalue weighted by Gasteiger charge is -2.26. The Morgan fingerprint density at radius 2 is 1.83 bits per heavy atom. The third-order valence-corrected chi connectivity index (χ3v) is 5.35. The first-order chi connectivity index (χ1) is 13.8. The molecular formula is C21H16ClF2N3O2. The number of rotatable bonds is 3. The van der Waals surface area contributed by atoms with Gasteiger partial charge in [0.15, 0.2) is 11.6 Å². The molecule has 0 spiro atoms. The number of hydrogen-bond acceptors (Lipinski definition) is 2. The number of nitrogens with one attached hydrogen (secondary N) is 1. The van der Waals surface area contributed by atoms with Crippen molar-refractivity contribution in [2.24, 2.45) is 0 Å². The van der Waals surface area contributed by atoms with E-state index in [2.05, 4.69) is 4.98 Å². The molecule has 0 aliphatic carbocycles. The maximum Gasteiger partial charge on any atom is 0.255 e. The summed E-state index contributed by atoms with van der Waals surface area (Å²) in [6.07, 6.45) is 4.79. The first-order valence-electron chi connectivity index (χ1n) is 8.81. The molecule has 1 unspecified atom stereocenters. The number of aromatic amines is 1. The Bertz CT molecular complexity index is 1330. The van der Waals surface area contributed by atoms with Crippen molar-refractivity contribution >= 4 is 33.8 Å². The van der Waals surface area contributed by atoms with E-state index in [-0.39, 0.29) is 16.7 Å². The van der Waals surface area contributed by atoms with E-state index in [1.807, 2.05) is 0 Å². The summed E-state index contributed by atoms with van der Waals surface area (Å²) in [5.41, 5.74) is 1.24. The molecule has 1 aromatic carbocycles. The van der Waals surface area contributed by atoms with Gasteiger partial charge in [0.25, 0.3) is 11.5 Å². The van der Waals surface area contributed by atoms with Crippen molar-refractivity contribution in [2.75, 3.05) is 7.05 Å². The topological polar surface area (TPSA) is 57.6 Å². The third kappa shape index (κ3) is 3.27. The van der Waals surface area contributed by atoms with Gasteiger partial charge in [-0.05, 0) is 48.2 Å². The van der Waals surface area contributed by atoms with E-state index in [0.29, 0.717) is 16.1 Å². The van der Waals surface area contributed by atoms with Crippen LogP contribution in [-0.2, 0) is 0 Å². The minimum absolute atomic E-state index is 0.0262. The Morgan fingerprint density at radius 3 is 2.55 bits per heavy atom. The van der Waals surface area contributed by atoms with Crippen LogP contribution >= 0.6 is 11.6 Å². The van der Waals surface area contributed by atoms with Gasteiger partial charge in [-0.2, -0.15) is 0 Å². The summed E-state index contributed by atoms with van der Waals surface area (Å²) in [6, 6.07) is 6.61. The van der Waals surface area contributed by atoms with E-state index in [4.69, 9.17) is 11.6 Å². The Labute approximate surface area is 169 Å². The van der Waals surface area contributed by atoms with Crippen LogP contribution in [0.15, 0.2) is 53.7 Å². The molecule has 0 bridgehead atoms. The maximum atomic E-state index is 13.8. The summed E-state index contributed by atoms with van der Waals surface area (Å²) in [5, 5.41) is 0.828. The Kier molecular flexibility index (Phi) is 4.62. The van der Waals surface area contributed by atoms with Gasteiger partial charge in [0.1, 0.15) is 0 Å². The number of amides is 1. The minimum atomic E-state index is -1.10. The number of carbonyl (C=O) groups excluding carboxylic acids is 1. The van der Waals surface area contributed by atoms with Crippen molar-refractivity contribution in [3.05, 3.63) is 87.1 Å². The van der Waals surface area contributed by atoms with Crippen molar-refractivity contribution in [2.45, 2.75) is 13.0 Å². The summed E-state index contributed by atoms with van der Waals surface area (Å²) >= 11 is 5.99. The van der Waals surface area contributed by atoms with E-state index < -0.39 is 23.2 Å². The molecule has 1 amide bonds. The van der Waals surface area contributed by atoms with Gasteiger partial charge in [0.2, 0.25) is 0 Å². The van der Waals surface area contributed by atoms with Gasteiger partial charge >= 0.3 is 0 Å². The van der Waals surface area contributed by atoms with Crippen molar-refractivity contribution in [3.63, 3.8) is 0 Å². The predicted octanol–water partition coefficient (Wildman–Crippen LogP) is 4.55. The molecule has 29 heavy (non-hydrogen) atoms. The molecular weight excluding hydrogens is 400 g/mol. The van der Waals surface area contributed by atoms with E-state index >= 15 is 0 Å². The van der Waals surface area contributed by atoms with Gasteiger partial charge < -0.3 is 14.3 Å². The summed E-state index contributed by atoms with van der Waals surface area (Å²) in [7, 11) is 1.61. The Balaban J connectivity index is 1.74. The number of benzene rings is 1. The SMILES string of the molecule is CC(c1c[nH]c(=O)c2cc(F)c(F)cc12)N(C)C(=O)c1cc2ccc(Cl)cn2c1. The number of halogens is 3. The van der Waals surface area contributed by atoms with Gasteiger partial charge in [-0.25, -0.2) is 8.78 Å². The molecule has 0 saturated heterocycles. The highest BCUT2D eigenvalue weighted by Gasteiger charge is 2.23. The summed E-state index contributed by atoms with van der Waals surface area (Å²) in [6.45, 7) is 1.75. The molecule has 5 nitrogen and oxygen atoms in total. The van der Waals surface area contributed by atoms with Crippen LogP contribution in [0.4, 0.5) is 8.78 Å². The fourth-order valence-corrected chi connectivity index (χ4v) is 3.57. The molecule has 3 heterocycles. The van der Waals surface area contributed by atoms with Crippen LogP contribution in [-0.4, -0.2) is 27.2 Å². The number of carbonyl (C=O) groups is 1. The number of H-pyrrole nitrogens is 1. The average molecular weight is 416 g/mol. The van der Waals surface area contributed by atoms with Gasteiger partial charge in [-0.3, -0.25) is 9.59 Å². The van der Waals surface area contributed by atoms with Crippen molar-refractivity contribution in [1.29, 1.82) is 0 Å². The van der Waals surface area contributed by atoms with Crippen LogP contribution in [0.3, 0.4) is 0 Å². The second-order valence-electron chi connectivity index (χ2n) is 6.89. The normalized spacial score (nSPS) is 12.4. The van der Waals surface area contributed by atoms with Gasteiger partial charge in [-0.1, -0.05) is 11.6 Å². The zero-order valence-electron chi connectivity index (χ0n) is 15.5. The Hall–Kier alpha value is -3.19. The molecule has 3 aromatic heterocycles. The smallest absolute Gasteiger partial charge is 0.255 e. The largest absolute Gasteiger partial charge is 0.335 e. The van der Waals surface area contributed by atoms with Crippen LogP contribution in [0.25, 0.3) is 16.3 Å². The lowest BCUT2D eigenvalue weighted by atomic mass is 10.0. The number of pyridine rings is 2. The highest BCUT2D eigenvalue weighted by atomic mass is 35.5. The fourth-order valence-electron chi connectivity index (χ4n) is 3.41. The highest BCUT2D eigenvalue weighted by Crippen LogP contribution is 2.28. The molecule has 0 fully saturated rings. The van der Waals surface area contributed by atoms with Crippen molar-refractivity contribution < 1.29 is 13.6 Å². The zero-order valence-corrected chi connectivity index (χ0v) is 16.3. The monoisotopic (exact) mass is 415 g/mol. The van der Waals surface area contributed by atoms with Crippen LogP contribution in [0, 0.1) is 11.6 Å². The molecule has 4 rings (SSSR count). The molecule has 4 aromatic rings. The van der Waals surface area contributed by atoms with E-state index in [1.165, 1.54) is 11.1 Å². The van der Waals surface area contributed by atoms with Gasteiger partial charge in [0, 0.05) is 31.2 Å². The number of aromatic nitrogens is 2. The Morgan fingerprint density at radius 1 is 1.14 bits per heavy atom. The number of fused-ring (bicyclic) bond motifs is 2. The standard InChI is InChI=1S/C21H16ClF2N3O2/c1-11(17-8-25-20(28)16-7-19(24)18(23)6-15(16)17)26(2)21(29)12-5-14-4-3-13(22)10-27(14)9-12/h3-11H,1-2H3,(H,25,28). The van der Waals surface area contributed by atoms with E-state index in [1.54, 1.807) is 49.0 Å². The summed E-state index contributed by atoms with van der Waals surface area (Å²) < 4.78 is 29.2. The lowest BCUT2D eigenvalue weighted by molar-refractivity contribution is 0.0743. The quantitative estimate of drug-likeness (QED) is 0.534. The van der Waals surface area contributed by atoms with Crippen molar-refractivity contribution in [3.8, 4) is 0 Å². The molecule has 0 radical (unpaired) electrons. The van der Waals surface area contributed by atoms with Crippen LogP contribution in [0.5, 0.6) is 0 Å². The van der Waals surface area contributed by atoms with E-state index in [0.717, 1.165) is 17.6 Å². The first kappa shape index (κ1) is 19.1. The average Bonchev–Trinajstić information content (AvgIpc) is 3.11. The maximum absolute atomic E-state index is 13.8. The molecule has 0 saturated carbocycles. The van der Waals surface area contributed by atoms with Crippen molar-refractivity contribution in [1.82, 2.24) is 14.3 Å². The number of hydrogen-bond donors (Lipinski definition) is 1. The molecule has 0 aliphatic rings. The van der Waals surface area contributed by atoms with Gasteiger partial charge in [-0.15, -0.1) is 0 Å². The second kappa shape index (κ2) is 7.00. The van der Waals surface area contributed by atoms with Crippen LogP contribution < -0.4 is 5.56 Å². The first-order valence-corrected chi connectivity index (χ1v) is 9.19. The second-order valence-corrected chi connectivity index (χ2v) is 7.32. The molecule has 0 aliphatic heterocycles. The summed E-state index contributed by atoms with van der Waals surface area (Å²) in [4.78, 5) is 29.0. The van der Waals surface area contributed by atoms with Gasteiger partial charge in [0.05, 0.1) is 22.0 Å². The number of nitrogens with zero attached hydrogens (tertiary/aromatic N) is 2. The zero-order chi connectivity index (χ0) is 20.9.